The maximum absolute atomic E-state index is 6.00. The smallest absolute Gasteiger partial charge is 0.195 e. The fourth-order valence-electron chi connectivity index (χ4n) is 1.28. The molecule has 2 aromatic rings. The predicted octanol–water partition coefficient (Wildman–Crippen LogP) is 1.80. The second-order valence-corrected chi connectivity index (χ2v) is 5.12. The number of pyridine rings is 1. The van der Waals surface area contributed by atoms with Crippen LogP contribution in [0.25, 0.3) is 5.65 Å². The summed E-state index contributed by atoms with van der Waals surface area (Å²) in [7, 11) is 0. The van der Waals surface area contributed by atoms with Crippen LogP contribution in [0, 0.1) is 5.92 Å². The van der Waals surface area contributed by atoms with E-state index in [0.29, 0.717) is 5.92 Å². The van der Waals surface area contributed by atoms with Crippen molar-refractivity contribution in [1.82, 2.24) is 14.6 Å². The van der Waals surface area contributed by atoms with E-state index in [9.17, 15) is 0 Å². The van der Waals surface area contributed by atoms with E-state index in [0.717, 1.165) is 16.6 Å². The van der Waals surface area contributed by atoms with Crippen molar-refractivity contribution in [2.75, 3.05) is 5.75 Å². The van der Waals surface area contributed by atoms with Gasteiger partial charge in [-0.05, 0) is 18.1 Å². The third-order valence-corrected chi connectivity index (χ3v) is 3.63. The molecule has 0 amide bonds. The maximum Gasteiger partial charge on any atom is 0.195 e. The average molecular weight is 236 g/mol. The minimum absolute atomic E-state index is 0.195. The lowest BCUT2D eigenvalue weighted by Gasteiger charge is -2.13. The van der Waals surface area contributed by atoms with Gasteiger partial charge in [0.1, 0.15) is 0 Å². The summed E-state index contributed by atoms with van der Waals surface area (Å²) in [6.45, 7) is 4.26. The molecule has 5 heteroatoms. The molecule has 0 saturated heterocycles. The van der Waals surface area contributed by atoms with Crippen LogP contribution in [-0.2, 0) is 0 Å². The molecule has 4 nitrogen and oxygen atoms in total. The Morgan fingerprint density at radius 3 is 2.94 bits per heavy atom. The van der Waals surface area contributed by atoms with Crippen LogP contribution in [0.1, 0.15) is 13.8 Å². The van der Waals surface area contributed by atoms with Gasteiger partial charge in [0.05, 0.1) is 0 Å². The highest BCUT2D eigenvalue weighted by atomic mass is 32.2. The van der Waals surface area contributed by atoms with Gasteiger partial charge in [-0.15, -0.1) is 10.2 Å². The summed E-state index contributed by atoms with van der Waals surface area (Å²) in [5.41, 5.74) is 6.88. The van der Waals surface area contributed by atoms with Gasteiger partial charge in [-0.3, -0.25) is 4.40 Å². The highest BCUT2D eigenvalue weighted by Crippen LogP contribution is 2.18. The van der Waals surface area contributed by atoms with Crippen molar-refractivity contribution in [2.24, 2.45) is 11.7 Å². The van der Waals surface area contributed by atoms with Crippen molar-refractivity contribution in [3.05, 3.63) is 24.4 Å². The van der Waals surface area contributed by atoms with Gasteiger partial charge in [-0.25, -0.2) is 0 Å². The quantitative estimate of drug-likeness (QED) is 0.822. The molecule has 0 bridgehead atoms. The van der Waals surface area contributed by atoms with Crippen molar-refractivity contribution in [3.8, 4) is 0 Å². The molecule has 0 radical (unpaired) electrons. The molecule has 2 rings (SSSR count). The number of hydrogen-bond donors (Lipinski definition) is 1. The number of hydrogen-bond acceptors (Lipinski definition) is 4. The van der Waals surface area contributed by atoms with Crippen molar-refractivity contribution in [2.45, 2.75) is 25.0 Å². The van der Waals surface area contributed by atoms with Gasteiger partial charge in [-0.2, -0.15) is 0 Å². The number of fused-ring (bicyclic) bond motifs is 1. The summed E-state index contributed by atoms with van der Waals surface area (Å²) in [4.78, 5) is 0. The van der Waals surface area contributed by atoms with Gasteiger partial charge < -0.3 is 5.73 Å². The molecule has 16 heavy (non-hydrogen) atoms. The van der Waals surface area contributed by atoms with Crippen molar-refractivity contribution >= 4 is 17.4 Å². The zero-order valence-electron chi connectivity index (χ0n) is 9.50. The van der Waals surface area contributed by atoms with Gasteiger partial charge in [-0.1, -0.05) is 31.7 Å². The molecule has 2 heterocycles. The normalized spacial score (nSPS) is 13.5. The van der Waals surface area contributed by atoms with E-state index in [1.165, 1.54) is 0 Å². The Kier molecular flexibility index (Phi) is 3.46. The lowest BCUT2D eigenvalue weighted by Crippen LogP contribution is -2.28. The Bertz CT molecular complexity index is 466. The zero-order valence-corrected chi connectivity index (χ0v) is 10.3. The number of nitrogens with two attached hydrogens (primary N) is 1. The summed E-state index contributed by atoms with van der Waals surface area (Å²) in [5, 5.41) is 9.15. The molecule has 0 fully saturated rings. The molecule has 0 saturated carbocycles. The second kappa shape index (κ2) is 4.84. The molecule has 0 aliphatic carbocycles. The van der Waals surface area contributed by atoms with E-state index in [-0.39, 0.29) is 6.04 Å². The molecular weight excluding hydrogens is 220 g/mol. The van der Waals surface area contributed by atoms with E-state index in [1.54, 1.807) is 11.8 Å². The van der Waals surface area contributed by atoms with Gasteiger partial charge in [0.15, 0.2) is 10.8 Å². The Morgan fingerprint density at radius 2 is 2.19 bits per heavy atom. The van der Waals surface area contributed by atoms with E-state index >= 15 is 0 Å². The molecule has 0 spiro atoms. The Morgan fingerprint density at radius 1 is 1.38 bits per heavy atom. The SMILES string of the molecule is CC(C)C(N)CSc1nnc2ccccn12. The van der Waals surface area contributed by atoms with Gasteiger partial charge in [0, 0.05) is 18.0 Å². The van der Waals surface area contributed by atoms with E-state index in [4.69, 9.17) is 5.73 Å². The first-order chi connectivity index (χ1) is 7.68. The van der Waals surface area contributed by atoms with Gasteiger partial charge >= 0.3 is 0 Å². The Hall–Kier alpha value is -1.07. The monoisotopic (exact) mass is 236 g/mol. The maximum atomic E-state index is 6.00. The lowest BCUT2D eigenvalue weighted by molar-refractivity contribution is 0.535. The number of nitrogens with zero attached hydrogens (tertiary/aromatic N) is 3. The molecular formula is C11H16N4S. The molecule has 2 aromatic heterocycles. The summed E-state index contributed by atoms with van der Waals surface area (Å²) in [6.07, 6.45) is 1.97. The van der Waals surface area contributed by atoms with Crippen LogP contribution in [0.2, 0.25) is 0 Å². The van der Waals surface area contributed by atoms with Crippen LogP contribution in [0.4, 0.5) is 0 Å². The molecule has 0 aliphatic heterocycles. The summed E-state index contributed by atoms with van der Waals surface area (Å²) in [5.74, 6) is 1.36. The minimum Gasteiger partial charge on any atom is -0.327 e. The van der Waals surface area contributed by atoms with Crippen molar-refractivity contribution in [3.63, 3.8) is 0 Å². The molecule has 2 N–H and O–H groups in total. The first kappa shape index (κ1) is 11.4. The molecule has 86 valence electrons. The third kappa shape index (κ3) is 2.36. The fourth-order valence-corrected chi connectivity index (χ4v) is 2.40. The first-order valence-corrected chi connectivity index (χ1v) is 6.35. The van der Waals surface area contributed by atoms with Crippen LogP contribution < -0.4 is 5.73 Å². The molecule has 1 atom stereocenters. The standard InChI is InChI=1S/C11H16N4S/c1-8(2)9(12)7-16-11-14-13-10-5-3-4-6-15(10)11/h3-6,8-9H,7,12H2,1-2H3. The van der Waals surface area contributed by atoms with Crippen LogP contribution in [0.15, 0.2) is 29.6 Å². The van der Waals surface area contributed by atoms with Gasteiger partial charge in [0.25, 0.3) is 0 Å². The molecule has 0 aromatic carbocycles. The van der Waals surface area contributed by atoms with E-state index in [1.807, 2.05) is 28.8 Å². The predicted molar refractivity (Wildman–Crippen MR) is 66.5 cm³/mol. The largest absolute Gasteiger partial charge is 0.327 e. The highest BCUT2D eigenvalue weighted by Gasteiger charge is 2.11. The average Bonchev–Trinajstić information content (AvgIpc) is 2.69. The minimum atomic E-state index is 0.195. The van der Waals surface area contributed by atoms with E-state index in [2.05, 4.69) is 24.0 Å². The number of aromatic nitrogens is 3. The number of thioether (sulfide) groups is 1. The number of rotatable bonds is 4. The van der Waals surface area contributed by atoms with Crippen LogP contribution >= 0.6 is 11.8 Å². The zero-order chi connectivity index (χ0) is 11.5. The highest BCUT2D eigenvalue weighted by molar-refractivity contribution is 7.99. The Labute approximate surface area is 99.2 Å². The van der Waals surface area contributed by atoms with Gasteiger partial charge in [0.2, 0.25) is 0 Å². The third-order valence-electron chi connectivity index (χ3n) is 2.54. The summed E-state index contributed by atoms with van der Waals surface area (Å²) < 4.78 is 1.98. The van der Waals surface area contributed by atoms with Crippen LogP contribution in [0.5, 0.6) is 0 Å². The van der Waals surface area contributed by atoms with Crippen LogP contribution in [0.3, 0.4) is 0 Å². The summed E-state index contributed by atoms with van der Waals surface area (Å²) in [6, 6.07) is 6.07. The lowest BCUT2D eigenvalue weighted by atomic mass is 10.1. The Balaban J connectivity index is 2.10. The fraction of sp³-hybridized carbons (Fsp3) is 0.455. The second-order valence-electron chi connectivity index (χ2n) is 4.13. The van der Waals surface area contributed by atoms with Crippen molar-refractivity contribution < 1.29 is 0 Å². The van der Waals surface area contributed by atoms with E-state index < -0.39 is 0 Å². The topological polar surface area (TPSA) is 56.2 Å². The van der Waals surface area contributed by atoms with Crippen LogP contribution in [-0.4, -0.2) is 26.4 Å². The molecule has 1 unspecified atom stereocenters. The molecule has 0 aliphatic rings. The first-order valence-electron chi connectivity index (χ1n) is 5.36. The van der Waals surface area contributed by atoms with Crippen molar-refractivity contribution in [1.29, 1.82) is 0 Å². The summed E-state index contributed by atoms with van der Waals surface area (Å²) >= 11 is 1.66.